The van der Waals surface area contributed by atoms with Crippen molar-refractivity contribution in [1.82, 2.24) is 14.7 Å². The number of piperidine rings is 1. The van der Waals surface area contributed by atoms with Crippen molar-refractivity contribution in [3.8, 4) is 5.75 Å². The number of hydrogen-bond donors (Lipinski definition) is 0. The van der Waals surface area contributed by atoms with Crippen LogP contribution in [0.1, 0.15) is 37.3 Å². The highest BCUT2D eigenvalue weighted by atomic mass is 16.5. The van der Waals surface area contributed by atoms with Gasteiger partial charge in [-0.3, -0.25) is 14.5 Å². The number of carbonyl (C=O) groups excluding carboxylic acids is 2. The molecular weight excluding hydrogens is 414 g/mol. The summed E-state index contributed by atoms with van der Waals surface area (Å²) in [5.41, 5.74) is 1.80. The van der Waals surface area contributed by atoms with Crippen LogP contribution in [0.25, 0.3) is 0 Å². The predicted molar refractivity (Wildman–Crippen MR) is 129 cm³/mol. The van der Waals surface area contributed by atoms with Gasteiger partial charge in [-0.15, -0.1) is 0 Å². The van der Waals surface area contributed by atoms with Crippen LogP contribution in [-0.4, -0.2) is 72.9 Å². The van der Waals surface area contributed by atoms with Gasteiger partial charge in [-0.2, -0.15) is 0 Å². The highest BCUT2D eigenvalue weighted by Crippen LogP contribution is 2.38. The average Bonchev–Trinajstić information content (AvgIpc) is 3.10. The maximum atomic E-state index is 14.0. The zero-order valence-corrected chi connectivity index (χ0v) is 19.8. The molecule has 0 unspecified atom stereocenters. The Morgan fingerprint density at radius 2 is 1.55 bits per heavy atom. The van der Waals surface area contributed by atoms with Crippen LogP contribution in [0, 0.1) is 0 Å². The highest BCUT2D eigenvalue weighted by molar-refractivity contribution is 5.89. The first-order valence-corrected chi connectivity index (χ1v) is 12.0. The maximum absolute atomic E-state index is 14.0. The molecule has 2 aliphatic heterocycles. The van der Waals surface area contributed by atoms with E-state index in [1.54, 1.807) is 14.0 Å². The van der Waals surface area contributed by atoms with Crippen molar-refractivity contribution in [2.75, 3.05) is 46.4 Å². The van der Waals surface area contributed by atoms with Gasteiger partial charge >= 0.3 is 0 Å². The van der Waals surface area contributed by atoms with E-state index < -0.39 is 5.41 Å². The van der Waals surface area contributed by atoms with Crippen LogP contribution in [0.2, 0.25) is 0 Å². The van der Waals surface area contributed by atoms with E-state index in [1.165, 1.54) is 5.56 Å². The number of hydrogen-bond acceptors (Lipinski definition) is 4. The summed E-state index contributed by atoms with van der Waals surface area (Å²) in [4.78, 5) is 32.3. The molecule has 0 aromatic heterocycles. The molecule has 6 heteroatoms. The van der Waals surface area contributed by atoms with E-state index in [-0.39, 0.29) is 11.8 Å². The normalized spacial score (nSPS) is 19.1. The first-order valence-electron chi connectivity index (χ1n) is 12.0. The number of rotatable bonds is 5. The van der Waals surface area contributed by atoms with Gasteiger partial charge in [0.25, 0.3) is 0 Å². The lowest BCUT2D eigenvalue weighted by Gasteiger charge is -2.43. The number of nitrogens with zero attached hydrogens (tertiary/aromatic N) is 3. The summed E-state index contributed by atoms with van der Waals surface area (Å²) >= 11 is 0. The molecule has 0 radical (unpaired) electrons. The zero-order valence-electron chi connectivity index (χ0n) is 19.8. The van der Waals surface area contributed by atoms with Crippen LogP contribution in [-0.2, 0) is 21.5 Å². The Hall–Kier alpha value is -2.86. The summed E-state index contributed by atoms with van der Waals surface area (Å²) in [5, 5.41) is 0. The summed E-state index contributed by atoms with van der Waals surface area (Å²) in [6, 6.07) is 18.4. The van der Waals surface area contributed by atoms with Gasteiger partial charge in [-0.05, 0) is 42.5 Å². The standard InChI is InChI=1S/C27H35N3O3/c1-22(31)29-17-13-27(14-18-29,24-7-4-3-5-8-24)26(32)30-16-6-15-28(19-20-30)21-23-9-11-25(33-2)12-10-23/h3-5,7-12H,6,13-21H2,1-2H3. The minimum absolute atomic E-state index is 0.0908. The fourth-order valence-corrected chi connectivity index (χ4v) is 5.21. The number of amides is 2. The summed E-state index contributed by atoms with van der Waals surface area (Å²) in [6.07, 6.45) is 2.33. The molecule has 0 N–H and O–H groups in total. The first kappa shape index (κ1) is 23.3. The maximum Gasteiger partial charge on any atom is 0.233 e. The minimum Gasteiger partial charge on any atom is -0.497 e. The van der Waals surface area contributed by atoms with Crippen molar-refractivity contribution in [3.63, 3.8) is 0 Å². The second kappa shape index (κ2) is 10.4. The van der Waals surface area contributed by atoms with E-state index >= 15 is 0 Å². The molecule has 0 saturated carbocycles. The van der Waals surface area contributed by atoms with Crippen LogP contribution in [0.3, 0.4) is 0 Å². The Kier molecular flexibility index (Phi) is 7.33. The molecule has 2 aromatic rings. The Morgan fingerprint density at radius 1 is 0.848 bits per heavy atom. The van der Waals surface area contributed by atoms with Crippen molar-refractivity contribution in [3.05, 3.63) is 65.7 Å². The van der Waals surface area contributed by atoms with E-state index in [9.17, 15) is 9.59 Å². The number of methoxy groups -OCH3 is 1. The lowest BCUT2D eigenvalue weighted by molar-refractivity contribution is -0.142. The predicted octanol–water partition coefficient (Wildman–Crippen LogP) is 3.31. The van der Waals surface area contributed by atoms with E-state index in [0.717, 1.165) is 50.5 Å². The summed E-state index contributed by atoms with van der Waals surface area (Å²) in [5.74, 6) is 1.18. The Morgan fingerprint density at radius 3 is 2.18 bits per heavy atom. The average molecular weight is 450 g/mol. The van der Waals surface area contributed by atoms with E-state index in [2.05, 4.69) is 34.1 Å². The van der Waals surface area contributed by atoms with Gasteiger partial charge in [-0.1, -0.05) is 42.5 Å². The van der Waals surface area contributed by atoms with Crippen molar-refractivity contribution < 1.29 is 14.3 Å². The summed E-state index contributed by atoms with van der Waals surface area (Å²) in [7, 11) is 1.68. The third kappa shape index (κ3) is 5.22. The van der Waals surface area contributed by atoms with Gasteiger partial charge < -0.3 is 14.5 Å². The smallest absolute Gasteiger partial charge is 0.233 e. The molecule has 6 nitrogen and oxygen atoms in total. The minimum atomic E-state index is -0.543. The molecule has 0 atom stereocenters. The van der Waals surface area contributed by atoms with Gasteiger partial charge in [-0.25, -0.2) is 0 Å². The van der Waals surface area contributed by atoms with E-state index in [4.69, 9.17) is 4.74 Å². The third-order valence-electron chi connectivity index (χ3n) is 7.24. The lowest BCUT2D eigenvalue weighted by atomic mass is 9.71. The van der Waals surface area contributed by atoms with Gasteiger partial charge in [0.2, 0.25) is 11.8 Å². The van der Waals surface area contributed by atoms with Crippen LogP contribution in [0.5, 0.6) is 5.75 Å². The molecule has 2 heterocycles. The monoisotopic (exact) mass is 449 g/mol. The van der Waals surface area contributed by atoms with Crippen LogP contribution in [0.4, 0.5) is 0 Å². The largest absolute Gasteiger partial charge is 0.497 e. The number of carbonyl (C=O) groups is 2. The fourth-order valence-electron chi connectivity index (χ4n) is 5.21. The van der Waals surface area contributed by atoms with Gasteiger partial charge in [0.15, 0.2) is 0 Å². The topological polar surface area (TPSA) is 53.1 Å². The molecule has 2 saturated heterocycles. The van der Waals surface area contributed by atoms with Crippen molar-refractivity contribution in [2.45, 2.75) is 38.1 Å². The molecule has 0 aliphatic carbocycles. The molecule has 4 rings (SSSR count). The van der Waals surface area contributed by atoms with E-state index in [1.807, 2.05) is 35.2 Å². The third-order valence-corrected chi connectivity index (χ3v) is 7.24. The Bertz CT molecular complexity index is 937. The van der Waals surface area contributed by atoms with E-state index in [0.29, 0.717) is 25.9 Å². The molecular formula is C27H35N3O3. The lowest BCUT2D eigenvalue weighted by Crippen LogP contribution is -2.54. The number of likely N-dealkylation sites (tertiary alicyclic amines) is 1. The summed E-state index contributed by atoms with van der Waals surface area (Å²) in [6.45, 7) is 7.12. The Labute approximate surface area is 197 Å². The van der Waals surface area contributed by atoms with Gasteiger partial charge in [0.1, 0.15) is 5.75 Å². The number of benzene rings is 2. The summed E-state index contributed by atoms with van der Waals surface area (Å²) < 4.78 is 5.26. The molecule has 0 bridgehead atoms. The SMILES string of the molecule is COc1ccc(CN2CCCN(C(=O)C3(c4ccccc4)CCN(C(C)=O)CC3)CC2)cc1. The van der Waals surface area contributed by atoms with Gasteiger partial charge in [0, 0.05) is 52.7 Å². The molecule has 2 amide bonds. The van der Waals surface area contributed by atoms with Crippen LogP contribution in [0.15, 0.2) is 54.6 Å². The van der Waals surface area contributed by atoms with Crippen molar-refractivity contribution in [1.29, 1.82) is 0 Å². The molecule has 33 heavy (non-hydrogen) atoms. The fraction of sp³-hybridized carbons (Fsp3) is 0.481. The van der Waals surface area contributed by atoms with Crippen LogP contribution >= 0.6 is 0 Å². The molecule has 2 aliphatic rings. The quantitative estimate of drug-likeness (QED) is 0.703. The van der Waals surface area contributed by atoms with Crippen molar-refractivity contribution in [2.24, 2.45) is 0 Å². The molecule has 176 valence electrons. The molecule has 0 spiro atoms. The first-order chi connectivity index (χ1) is 16.0. The second-order valence-corrected chi connectivity index (χ2v) is 9.22. The van der Waals surface area contributed by atoms with Crippen LogP contribution < -0.4 is 4.74 Å². The Balaban J connectivity index is 1.46. The zero-order chi connectivity index (χ0) is 23.3. The highest BCUT2D eigenvalue weighted by Gasteiger charge is 2.45. The number of ether oxygens (including phenoxy) is 1. The van der Waals surface area contributed by atoms with Gasteiger partial charge in [0.05, 0.1) is 12.5 Å². The molecule has 2 fully saturated rings. The second-order valence-electron chi connectivity index (χ2n) is 9.22. The van der Waals surface area contributed by atoms with Crippen molar-refractivity contribution >= 4 is 11.8 Å². The molecule has 2 aromatic carbocycles.